The monoisotopic (exact) mass is 272 g/mol. The highest BCUT2D eigenvalue weighted by Gasteiger charge is 2.32. The van der Waals surface area contributed by atoms with E-state index in [2.05, 4.69) is 18.3 Å². The van der Waals surface area contributed by atoms with E-state index in [0.29, 0.717) is 12.1 Å². The van der Waals surface area contributed by atoms with E-state index in [-0.39, 0.29) is 0 Å². The van der Waals surface area contributed by atoms with Crippen LogP contribution in [-0.4, -0.2) is 17.3 Å². The molecule has 1 fully saturated rings. The van der Waals surface area contributed by atoms with E-state index in [1.807, 2.05) is 25.1 Å². The minimum absolute atomic E-state index is 0.529. The summed E-state index contributed by atoms with van der Waals surface area (Å²) in [5.41, 5.74) is 1.97. The number of nitrogens with one attached hydrogen (secondary N) is 1. The number of anilines is 1. The molecule has 1 aliphatic carbocycles. The quantitative estimate of drug-likeness (QED) is 0.880. The van der Waals surface area contributed by atoms with E-state index in [9.17, 15) is 5.11 Å². The predicted octanol–water partition coefficient (Wildman–Crippen LogP) is 3.61. The highest BCUT2D eigenvalue weighted by molar-refractivity contribution is 5.58. The topological polar surface area (TPSA) is 56.0 Å². The standard InChI is InChI=1S/C17H24N2O/c1-3-14-6-8-17(20,9-7-14)12-19-16-10-13(2)4-5-15(16)11-18/h4-5,10,14,19-20H,3,6-9,12H2,1-2H3. The summed E-state index contributed by atoms with van der Waals surface area (Å²) >= 11 is 0. The van der Waals surface area contributed by atoms with Crippen molar-refractivity contribution in [3.8, 4) is 6.07 Å². The first-order valence-corrected chi connectivity index (χ1v) is 7.53. The summed E-state index contributed by atoms with van der Waals surface area (Å²) in [6, 6.07) is 7.93. The van der Waals surface area contributed by atoms with Gasteiger partial charge in [0.1, 0.15) is 6.07 Å². The Kier molecular flexibility index (Phi) is 4.67. The summed E-state index contributed by atoms with van der Waals surface area (Å²) in [6.07, 6.45) is 5.12. The summed E-state index contributed by atoms with van der Waals surface area (Å²) in [6.45, 7) is 4.76. The van der Waals surface area contributed by atoms with E-state index < -0.39 is 5.60 Å². The van der Waals surface area contributed by atoms with Crippen LogP contribution in [-0.2, 0) is 0 Å². The Balaban J connectivity index is 1.99. The van der Waals surface area contributed by atoms with Crippen molar-refractivity contribution >= 4 is 5.69 Å². The maximum atomic E-state index is 10.6. The van der Waals surface area contributed by atoms with E-state index in [1.54, 1.807) is 0 Å². The van der Waals surface area contributed by atoms with Crippen molar-refractivity contribution in [3.05, 3.63) is 29.3 Å². The van der Waals surface area contributed by atoms with Gasteiger partial charge in [-0.25, -0.2) is 0 Å². The van der Waals surface area contributed by atoms with Gasteiger partial charge in [-0.1, -0.05) is 19.4 Å². The Morgan fingerprint density at radius 2 is 2.10 bits per heavy atom. The molecule has 1 saturated carbocycles. The fourth-order valence-electron chi connectivity index (χ4n) is 2.96. The van der Waals surface area contributed by atoms with Gasteiger partial charge in [0, 0.05) is 6.54 Å². The Hall–Kier alpha value is -1.53. The summed E-state index contributed by atoms with van der Waals surface area (Å²) < 4.78 is 0. The third-order valence-electron chi connectivity index (χ3n) is 4.52. The van der Waals surface area contributed by atoms with E-state index in [0.717, 1.165) is 42.9 Å². The molecule has 0 amide bonds. The lowest BCUT2D eigenvalue weighted by Gasteiger charge is -2.36. The van der Waals surface area contributed by atoms with Crippen molar-refractivity contribution in [2.75, 3.05) is 11.9 Å². The molecular formula is C17H24N2O. The molecule has 0 unspecified atom stereocenters. The molecule has 3 nitrogen and oxygen atoms in total. The van der Waals surface area contributed by atoms with Crippen molar-refractivity contribution < 1.29 is 5.11 Å². The van der Waals surface area contributed by atoms with Crippen LogP contribution in [0.15, 0.2) is 18.2 Å². The molecule has 0 bridgehead atoms. The number of aliphatic hydroxyl groups is 1. The maximum absolute atomic E-state index is 10.6. The van der Waals surface area contributed by atoms with Crippen molar-refractivity contribution in [2.45, 2.75) is 51.6 Å². The van der Waals surface area contributed by atoms with Gasteiger partial charge in [0.25, 0.3) is 0 Å². The number of hydrogen-bond acceptors (Lipinski definition) is 3. The third-order valence-corrected chi connectivity index (χ3v) is 4.52. The molecule has 0 saturated heterocycles. The molecule has 2 rings (SSSR count). The van der Waals surface area contributed by atoms with Crippen LogP contribution in [0, 0.1) is 24.2 Å². The fraction of sp³-hybridized carbons (Fsp3) is 0.588. The molecule has 0 atom stereocenters. The lowest BCUT2D eigenvalue weighted by molar-refractivity contribution is 0.00229. The number of nitriles is 1. The van der Waals surface area contributed by atoms with Crippen molar-refractivity contribution in [2.24, 2.45) is 5.92 Å². The molecule has 0 aromatic heterocycles. The molecule has 2 N–H and O–H groups in total. The second-order valence-electron chi connectivity index (χ2n) is 6.09. The number of hydrogen-bond donors (Lipinski definition) is 2. The average Bonchev–Trinajstić information content (AvgIpc) is 2.46. The van der Waals surface area contributed by atoms with Crippen LogP contribution in [0.4, 0.5) is 5.69 Å². The second-order valence-corrected chi connectivity index (χ2v) is 6.09. The molecule has 1 aromatic carbocycles. The first kappa shape index (κ1) is 14.9. The van der Waals surface area contributed by atoms with E-state index in [1.165, 1.54) is 6.42 Å². The number of nitrogens with zero attached hydrogens (tertiary/aromatic N) is 1. The Morgan fingerprint density at radius 1 is 1.40 bits per heavy atom. The fourth-order valence-corrected chi connectivity index (χ4v) is 2.96. The van der Waals surface area contributed by atoms with Gasteiger partial charge in [0.2, 0.25) is 0 Å². The lowest BCUT2D eigenvalue weighted by Crippen LogP contribution is -2.40. The van der Waals surface area contributed by atoms with E-state index >= 15 is 0 Å². The molecular weight excluding hydrogens is 248 g/mol. The number of rotatable bonds is 4. The zero-order valence-corrected chi connectivity index (χ0v) is 12.4. The van der Waals surface area contributed by atoms with Gasteiger partial charge in [-0.3, -0.25) is 0 Å². The summed E-state index contributed by atoms with van der Waals surface area (Å²) in [4.78, 5) is 0. The van der Waals surface area contributed by atoms with Crippen LogP contribution in [0.25, 0.3) is 0 Å². The molecule has 3 heteroatoms. The van der Waals surface area contributed by atoms with Gasteiger partial charge in [0.15, 0.2) is 0 Å². The molecule has 1 aliphatic rings. The highest BCUT2D eigenvalue weighted by Crippen LogP contribution is 2.34. The van der Waals surface area contributed by atoms with Crippen molar-refractivity contribution in [1.29, 1.82) is 5.26 Å². The smallest absolute Gasteiger partial charge is 0.101 e. The Bertz CT molecular complexity index is 496. The Labute approximate surface area is 121 Å². The zero-order valence-electron chi connectivity index (χ0n) is 12.4. The predicted molar refractivity (Wildman–Crippen MR) is 81.6 cm³/mol. The summed E-state index contributed by atoms with van der Waals surface area (Å²) in [5.74, 6) is 0.768. The molecule has 20 heavy (non-hydrogen) atoms. The molecule has 0 heterocycles. The van der Waals surface area contributed by atoms with Gasteiger partial charge < -0.3 is 10.4 Å². The van der Waals surface area contributed by atoms with Crippen LogP contribution in [0.3, 0.4) is 0 Å². The van der Waals surface area contributed by atoms with Gasteiger partial charge in [-0.05, 0) is 56.2 Å². The molecule has 0 radical (unpaired) electrons. The van der Waals surface area contributed by atoms with Gasteiger partial charge in [-0.2, -0.15) is 5.26 Å². The first-order valence-electron chi connectivity index (χ1n) is 7.53. The highest BCUT2D eigenvalue weighted by atomic mass is 16.3. The van der Waals surface area contributed by atoms with Crippen LogP contribution in [0.1, 0.15) is 50.2 Å². The van der Waals surface area contributed by atoms with Crippen LogP contribution in [0.5, 0.6) is 0 Å². The first-order chi connectivity index (χ1) is 9.56. The minimum Gasteiger partial charge on any atom is -0.388 e. The molecule has 0 spiro atoms. The lowest BCUT2D eigenvalue weighted by atomic mass is 9.78. The SMILES string of the molecule is CCC1CCC(O)(CNc2cc(C)ccc2C#N)CC1. The van der Waals surface area contributed by atoms with Crippen molar-refractivity contribution in [1.82, 2.24) is 0 Å². The van der Waals surface area contributed by atoms with Gasteiger partial charge >= 0.3 is 0 Å². The van der Waals surface area contributed by atoms with E-state index in [4.69, 9.17) is 5.26 Å². The van der Waals surface area contributed by atoms with Crippen molar-refractivity contribution in [3.63, 3.8) is 0 Å². The van der Waals surface area contributed by atoms with Gasteiger partial charge in [0.05, 0.1) is 16.9 Å². The maximum Gasteiger partial charge on any atom is 0.101 e. The molecule has 108 valence electrons. The Morgan fingerprint density at radius 3 is 2.70 bits per heavy atom. The normalized spacial score (nSPS) is 26.0. The van der Waals surface area contributed by atoms with Gasteiger partial charge in [-0.15, -0.1) is 0 Å². The number of benzene rings is 1. The van der Waals surface area contributed by atoms with Crippen LogP contribution < -0.4 is 5.32 Å². The summed E-state index contributed by atoms with van der Waals surface area (Å²) in [5, 5.41) is 23.0. The third kappa shape index (κ3) is 3.52. The van der Waals surface area contributed by atoms with Crippen LogP contribution in [0.2, 0.25) is 0 Å². The number of aryl methyl sites for hydroxylation is 1. The largest absolute Gasteiger partial charge is 0.388 e. The second kappa shape index (κ2) is 6.28. The minimum atomic E-state index is -0.623. The average molecular weight is 272 g/mol. The molecule has 0 aliphatic heterocycles. The zero-order chi connectivity index (χ0) is 14.6. The van der Waals surface area contributed by atoms with Crippen LogP contribution >= 0.6 is 0 Å². The summed E-state index contributed by atoms with van der Waals surface area (Å²) in [7, 11) is 0. The molecule has 1 aromatic rings.